The van der Waals surface area contributed by atoms with Crippen molar-refractivity contribution in [1.82, 2.24) is 14.2 Å². The Kier molecular flexibility index (Phi) is 6.06. The van der Waals surface area contributed by atoms with Gasteiger partial charge in [0.2, 0.25) is 0 Å². The van der Waals surface area contributed by atoms with Crippen molar-refractivity contribution in [2.75, 3.05) is 17.8 Å². The summed E-state index contributed by atoms with van der Waals surface area (Å²) < 4.78 is 6.97. The number of halogens is 1. The molecule has 0 bridgehead atoms. The molecule has 0 aliphatic carbocycles. The first kappa shape index (κ1) is 18.3. The Morgan fingerprint density at radius 3 is 2.80 bits per heavy atom. The number of hydrogen-bond donors (Lipinski definition) is 1. The predicted octanol–water partition coefficient (Wildman–Crippen LogP) is 4.74. The van der Waals surface area contributed by atoms with Crippen LogP contribution in [0.3, 0.4) is 0 Å². The summed E-state index contributed by atoms with van der Waals surface area (Å²) in [4.78, 5) is 12.6. The molecule has 0 saturated heterocycles. The van der Waals surface area contributed by atoms with Gasteiger partial charge in [-0.3, -0.25) is 9.48 Å². The van der Waals surface area contributed by atoms with Gasteiger partial charge in [-0.2, -0.15) is 9.47 Å². The minimum Gasteiger partial charge on any atom is -0.305 e. The molecule has 1 N–H and O–H groups in total. The monoisotopic (exact) mass is 410 g/mol. The second-order valence-electron chi connectivity index (χ2n) is 5.00. The third-order valence-electron chi connectivity index (χ3n) is 3.41. The number of carbonyl (C=O) groups excluding carboxylic acids is 1. The Bertz CT molecular complexity index is 872. The van der Waals surface area contributed by atoms with E-state index in [9.17, 15) is 4.79 Å². The standard InChI is InChI=1S/C16H15ClN4OS3/c1-23-15-13(16(24-2)25-20-15)14(22)18-12-7-8-21(19-12)9-10-5-3-4-6-11(10)17/h3-8H,9H2,1-2H3,(H,18,19,22). The third kappa shape index (κ3) is 4.20. The SMILES string of the molecule is CSc1nsc(SC)c1C(=O)Nc1ccn(Cc2ccccc2Cl)n1. The van der Waals surface area contributed by atoms with Crippen molar-refractivity contribution in [2.45, 2.75) is 15.8 Å². The second kappa shape index (κ2) is 8.27. The van der Waals surface area contributed by atoms with E-state index in [1.54, 1.807) is 10.7 Å². The van der Waals surface area contributed by atoms with Gasteiger partial charge in [0.05, 0.1) is 16.3 Å². The van der Waals surface area contributed by atoms with Crippen LogP contribution >= 0.6 is 46.7 Å². The first-order chi connectivity index (χ1) is 12.1. The molecule has 0 unspecified atom stereocenters. The summed E-state index contributed by atoms with van der Waals surface area (Å²) in [5.41, 5.74) is 1.59. The van der Waals surface area contributed by atoms with Crippen molar-refractivity contribution < 1.29 is 4.79 Å². The average molecular weight is 411 g/mol. The predicted molar refractivity (Wildman–Crippen MR) is 106 cm³/mol. The van der Waals surface area contributed by atoms with E-state index < -0.39 is 0 Å². The van der Waals surface area contributed by atoms with Gasteiger partial charge in [-0.05, 0) is 35.7 Å². The lowest BCUT2D eigenvalue weighted by atomic mass is 10.2. The highest BCUT2D eigenvalue weighted by molar-refractivity contribution is 8.01. The van der Waals surface area contributed by atoms with E-state index in [0.717, 1.165) is 14.8 Å². The van der Waals surface area contributed by atoms with Gasteiger partial charge in [-0.25, -0.2) is 0 Å². The van der Waals surface area contributed by atoms with Crippen LogP contribution in [0.25, 0.3) is 0 Å². The third-order valence-corrected chi connectivity index (χ3v) is 6.52. The van der Waals surface area contributed by atoms with Crippen molar-refractivity contribution in [3.05, 3.63) is 52.7 Å². The lowest BCUT2D eigenvalue weighted by molar-refractivity contribution is 0.102. The van der Waals surface area contributed by atoms with Crippen molar-refractivity contribution in [3.8, 4) is 0 Å². The summed E-state index contributed by atoms with van der Waals surface area (Å²) in [6.07, 6.45) is 5.66. The molecular weight excluding hydrogens is 396 g/mol. The Hall–Kier alpha value is -1.48. The summed E-state index contributed by atoms with van der Waals surface area (Å²) in [5.74, 6) is 0.313. The van der Waals surface area contributed by atoms with Crippen LogP contribution in [-0.2, 0) is 6.54 Å². The van der Waals surface area contributed by atoms with Gasteiger partial charge in [0.25, 0.3) is 5.91 Å². The molecule has 2 aromatic heterocycles. The van der Waals surface area contributed by atoms with Crippen LogP contribution in [0.2, 0.25) is 5.02 Å². The molecule has 0 radical (unpaired) electrons. The van der Waals surface area contributed by atoms with Crippen LogP contribution in [0.1, 0.15) is 15.9 Å². The number of thioether (sulfide) groups is 2. The molecule has 0 saturated carbocycles. The number of anilines is 1. The maximum absolute atomic E-state index is 12.6. The fraction of sp³-hybridized carbons (Fsp3) is 0.188. The molecule has 0 aliphatic rings. The quantitative estimate of drug-likeness (QED) is 0.595. The molecule has 1 aromatic carbocycles. The molecule has 9 heteroatoms. The summed E-state index contributed by atoms with van der Waals surface area (Å²) in [7, 11) is 0. The summed E-state index contributed by atoms with van der Waals surface area (Å²) in [6.45, 7) is 0.543. The van der Waals surface area contributed by atoms with E-state index in [1.807, 2.05) is 43.0 Å². The molecule has 0 spiro atoms. The van der Waals surface area contributed by atoms with Crippen molar-refractivity contribution in [1.29, 1.82) is 0 Å². The van der Waals surface area contributed by atoms with E-state index in [2.05, 4.69) is 14.8 Å². The number of aromatic nitrogens is 3. The zero-order valence-electron chi connectivity index (χ0n) is 13.5. The van der Waals surface area contributed by atoms with Crippen molar-refractivity contribution in [2.24, 2.45) is 0 Å². The molecule has 0 aliphatic heterocycles. The van der Waals surface area contributed by atoms with E-state index >= 15 is 0 Å². The topological polar surface area (TPSA) is 59.8 Å². The number of nitrogens with one attached hydrogen (secondary N) is 1. The van der Waals surface area contributed by atoms with Crippen LogP contribution in [-0.4, -0.2) is 32.6 Å². The van der Waals surface area contributed by atoms with Gasteiger partial charge >= 0.3 is 0 Å². The number of benzene rings is 1. The van der Waals surface area contributed by atoms with Gasteiger partial charge < -0.3 is 5.32 Å². The number of nitrogens with zero attached hydrogens (tertiary/aromatic N) is 3. The fourth-order valence-corrected chi connectivity index (χ4v) is 4.70. The fourth-order valence-electron chi connectivity index (χ4n) is 2.23. The number of rotatable bonds is 6. The Morgan fingerprint density at radius 1 is 1.28 bits per heavy atom. The first-order valence-corrected chi connectivity index (χ1v) is 10.9. The normalized spacial score (nSPS) is 10.8. The van der Waals surface area contributed by atoms with E-state index in [4.69, 9.17) is 11.6 Å². The maximum Gasteiger partial charge on any atom is 0.261 e. The number of hydrogen-bond acceptors (Lipinski definition) is 6. The molecule has 3 aromatic rings. The van der Waals surface area contributed by atoms with Gasteiger partial charge in [0.1, 0.15) is 5.03 Å². The van der Waals surface area contributed by atoms with Crippen molar-refractivity contribution in [3.63, 3.8) is 0 Å². The Labute approximate surface area is 163 Å². The maximum atomic E-state index is 12.6. The molecule has 0 atom stereocenters. The van der Waals surface area contributed by atoms with Crippen LogP contribution in [0.4, 0.5) is 5.82 Å². The molecule has 2 heterocycles. The molecule has 0 fully saturated rings. The molecule has 5 nitrogen and oxygen atoms in total. The molecule has 130 valence electrons. The van der Waals surface area contributed by atoms with E-state index in [1.165, 1.54) is 35.1 Å². The molecule has 3 rings (SSSR count). The first-order valence-electron chi connectivity index (χ1n) is 7.28. The zero-order chi connectivity index (χ0) is 17.8. The van der Waals surface area contributed by atoms with Crippen LogP contribution in [0, 0.1) is 0 Å². The summed E-state index contributed by atoms with van der Waals surface area (Å²) in [5, 5.41) is 8.69. The van der Waals surface area contributed by atoms with E-state index in [0.29, 0.717) is 22.9 Å². The highest BCUT2D eigenvalue weighted by atomic mass is 35.5. The average Bonchev–Trinajstić information content (AvgIpc) is 3.23. The van der Waals surface area contributed by atoms with E-state index in [-0.39, 0.29) is 5.91 Å². The number of carbonyl (C=O) groups is 1. The van der Waals surface area contributed by atoms with Crippen LogP contribution in [0.15, 0.2) is 45.8 Å². The summed E-state index contributed by atoms with van der Waals surface area (Å²) in [6, 6.07) is 9.40. The Balaban J connectivity index is 1.74. The van der Waals surface area contributed by atoms with Crippen LogP contribution < -0.4 is 5.32 Å². The lowest BCUT2D eigenvalue weighted by Crippen LogP contribution is -2.14. The van der Waals surface area contributed by atoms with Gasteiger partial charge in [-0.15, -0.1) is 23.5 Å². The van der Waals surface area contributed by atoms with Crippen LogP contribution in [0.5, 0.6) is 0 Å². The summed E-state index contributed by atoms with van der Waals surface area (Å²) >= 11 is 10.5. The highest BCUT2D eigenvalue weighted by Crippen LogP contribution is 2.33. The van der Waals surface area contributed by atoms with Gasteiger partial charge in [-0.1, -0.05) is 29.8 Å². The number of amides is 1. The Morgan fingerprint density at radius 2 is 2.08 bits per heavy atom. The molecule has 25 heavy (non-hydrogen) atoms. The van der Waals surface area contributed by atoms with Gasteiger partial charge in [0.15, 0.2) is 5.82 Å². The zero-order valence-corrected chi connectivity index (χ0v) is 16.7. The minimum absolute atomic E-state index is 0.189. The largest absolute Gasteiger partial charge is 0.305 e. The smallest absolute Gasteiger partial charge is 0.261 e. The lowest BCUT2D eigenvalue weighted by Gasteiger charge is -2.05. The highest BCUT2D eigenvalue weighted by Gasteiger charge is 2.20. The molecule has 1 amide bonds. The second-order valence-corrected chi connectivity index (χ2v) is 8.05. The molecular formula is C16H15ClN4OS3. The van der Waals surface area contributed by atoms with Gasteiger partial charge in [0, 0.05) is 17.3 Å². The minimum atomic E-state index is -0.189. The van der Waals surface area contributed by atoms with Crippen molar-refractivity contribution >= 4 is 58.4 Å².